The highest BCUT2D eigenvalue weighted by Gasteiger charge is 2.33. The van der Waals surface area contributed by atoms with Crippen LogP contribution in [-0.2, 0) is 9.53 Å². The molecule has 3 rings (SSSR count). The number of nitrogens with one attached hydrogen (secondary N) is 2. The van der Waals surface area contributed by atoms with Crippen molar-refractivity contribution in [1.29, 1.82) is 0 Å². The molecule has 0 spiro atoms. The Balaban J connectivity index is 1.45. The number of morpholine rings is 1. The van der Waals surface area contributed by atoms with E-state index in [9.17, 15) is 4.79 Å². The van der Waals surface area contributed by atoms with Gasteiger partial charge < -0.3 is 15.4 Å². The molecule has 2 N–H and O–H groups in total. The number of hydrogen-bond donors (Lipinski definition) is 2. The minimum absolute atomic E-state index is 0.0798. The molecule has 19 heavy (non-hydrogen) atoms. The lowest BCUT2D eigenvalue weighted by Crippen LogP contribution is -2.55. The fourth-order valence-corrected chi connectivity index (χ4v) is 2.77. The third kappa shape index (κ3) is 2.96. The van der Waals surface area contributed by atoms with Crippen LogP contribution in [0.4, 0.5) is 0 Å². The zero-order chi connectivity index (χ0) is 13.1. The zero-order valence-electron chi connectivity index (χ0n) is 11.0. The van der Waals surface area contributed by atoms with Crippen molar-refractivity contribution in [3.63, 3.8) is 0 Å². The van der Waals surface area contributed by atoms with Crippen molar-refractivity contribution >= 4 is 5.91 Å². The summed E-state index contributed by atoms with van der Waals surface area (Å²) in [7, 11) is 0. The van der Waals surface area contributed by atoms with E-state index in [0.717, 1.165) is 19.4 Å². The van der Waals surface area contributed by atoms with Gasteiger partial charge in [0.2, 0.25) is 5.91 Å². The normalized spacial score (nSPS) is 30.4. The maximum absolute atomic E-state index is 12.0. The second-order valence-electron chi connectivity index (χ2n) is 5.37. The van der Waals surface area contributed by atoms with Gasteiger partial charge >= 0.3 is 0 Å². The number of benzene rings is 1. The second-order valence-corrected chi connectivity index (χ2v) is 5.37. The first-order valence-electron chi connectivity index (χ1n) is 6.99. The van der Waals surface area contributed by atoms with Gasteiger partial charge in [-0.05, 0) is 24.3 Å². The summed E-state index contributed by atoms with van der Waals surface area (Å²) in [4.78, 5) is 12.0. The Hall–Kier alpha value is -1.39. The van der Waals surface area contributed by atoms with Crippen LogP contribution in [0.15, 0.2) is 30.3 Å². The van der Waals surface area contributed by atoms with Crippen LogP contribution in [0.5, 0.6) is 0 Å². The van der Waals surface area contributed by atoms with Crippen molar-refractivity contribution in [3.05, 3.63) is 35.9 Å². The molecule has 1 aromatic rings. The van der Waals surface area contributed by atoms with E-state index in [2.05, 4.69) is 34.9 Å². The van der Waals surface area contributed by atoms with Gasteiger partial charge in [0, 0.05) is 12.6 Å². The van der Waals surface area contributed by atoms with E-state index < -0.39 is 0 Å². The molecule has 1 saturated heterocycles. The van der Waals surface area contributed by atoms with Crippen molar-refractivity contribution < 1.29 is 9.53 Å². The SMILES string of the molecule is O=C(NC1CC(c2ccccc2)C1)C1COCCN1. The number of rotatable bonds is 3. The monoisotopic (exact) mass is 260 g/mol. The summed E-state index contributed by atoms with van der Waals surface area (Å²) in [5, 5.41) is 6.28. The van der Waals surface area contributed by atoms with Gasteiger partial charge in [-0.25, -0.2) is 0 Å². The predicted octanol–water partition coefficient (Wildman–Crippen LogP) is 1.04. The fourth-order valence-electron chi connectivity index (χ4n) is 2.77. The van der Waals surface area contributed by atoms with Crippen LogP contribution in [-0.4, -0.2) is 37.7 Å². The molecule has 1 atom stereocenters. The molecular formula is C15H20N2O2. The molecule has 102 valence electrons. The summed E-state index contributed by atoms with van der Waals surface area (Å²) in [6.45, 7) is 1.94. The van der Waals surface area contributed by atoms with Crippen molar-refractivity contribution in [3.8, 4) is 0 Å². The number of ether oxygens (including phenoxy) is 1. The van der Waals surface area contributed by atoms with Crippen LogP contribution in [0.1, 0.15) is 24.3 Å². The van der Waals surface area contributed by atoms with E-state index in [1.807, 2.05) is 6.07 Å². The van der Waals surface area contributed by atoms with Gasteiger partial charge in [0.15, 0.2) is 0 Å². The van der Waals surface area contributed by atoms with E-state index in [1.165, 1.54) is 5.56 Å². The lowest BCUT2D eigenvalue weighted by Gasteiger charge is -2.37. The maximum atomic E-state index is 12.0. The Bertz CT molecular complexity index is 423. The smallest absolute Gasteiger partial charge is 0.239 e. The lowest BCUT2D eigenvalue weighted by molar-refractivity contribution is -0.127. The molecule has 1 aromatic carbocycles. The fraction of sp³-hybridized carbons (Fsp3) is 0.533. The molecule has 1 aliphatic carbocycles. The molecule has 0 aromatic heterocycles. The summed E-state index contributed by atoms with van der Waals surface area (Å²) >= 11 is 0. The number of carbonyl (C=O) groups is 1. The maximum Gasteiger partial charge on any atom is 0.239 e. The quantitative estimate of drug-likeness (QED) is 0.853. The van der Waals surface area contributed by atoms with Gasteiger partial charge in [0.25, 0.3) is 0 Å². The Morgan fingerprint density at radius 3 is 2.74 bits per heavy atom. The van der Waals surface area contributed by atoms with E-state index >= 15 is 0 Å². The third-order valence-corrected chi connectivity index (χ3v) is 3.99. The van der Waals surface area contributed by atoms with Crippen molar-refractivity contribution in [1.82, 2.24) is 10.6 Å². The summed E-state index contributed by atoms with van der Waals surface area (Å²) in [5.74, 6) is 0.679. The van der Waals surface area contributed by atoms with Crippen LogP contribution in [0, 0.1) is 0 Å². The average molecular weight is 260 g/mol. The van der Waals surface area contributed by atoms with Gasteiger partial charge in [-0.2, -0.15) is 0 Å². The van der Waals surface area contributed by atoms with E-state index in [-0.39, 0.29) is 11.9 Å². The van der Waals surface area contributed by atoms with Gasteiger partial charge in [-0.1, -0.05) is 30.3 Å². The highest BCUT2D eigenvalue weighted by molar-refractivity contribution is 5.82. The minimum Gasteiger partial charge on any atom is -0.378 e. The standard InChI is InChI=1S/C15H20N2O2/c18-15(14-10-19-7-6-16-14)17-13-8-12(9-13)11-4-2-1-3-5-11/h1-5,12-14,16H,6-10H2,(H,17,18). The van der Waals surface area contributed by atoms with Gasteiger partial charge in [-0.3, -0.25) is 4.79 Å². The number of hydrogen-bond acceptors (Lipinski definition) is 3. The molecule has 4 nitrogen and oxygen atoms in total. The molecule has 1 aliphatic heterocycles. The first kappa shape index (κ1) is 12.6. The average Bonchev–Trinajstić information content (AvgIpc) is 2.44. The summed E-state index contributed by atoms with van der Waals surface area (Å²) in [6.07, 6.45) is 2.09. The Morgan fingerprint density at radius 2 is 2.05 bits per heavy atom. The van der Waals surface area contributed by atoms with E-state index in [0.29, 0.717) is 25.2 Å². The minimum atomic E-state index is -0.176. The molecule has 1 heterocycles. The first-order valence-corrected chi connectivity index (χ1v) is 6.99. The van der Waals surface area contributed by atoms with E-state index in [1.54, 1.807) is 0 Å². The highest BCUT2D eigenvalue weighted by atomic mass is 16.5. The van der Waals surface area contributed by atoms with Gasteiger partial charge in [0.1, 0.15) is 6.04 Å². The predicted molar refractivity (Wildman–Crippen MR) is 73.0 cm³/mol. The summed E-state index contributed by atoms with van der Waals surface area (Å²) in [6, 6.07) is 10.7. The van der Waals surface area contributed by atoms with Crippen molar-refractivity contribution in [2.45, 2.75) is 30.8 Å². The lowest BCUT2D eigenvalue weighted by atomic mass is 9.76. The van der Waals surface area contributed by atoms with Crippen LogP contribution < -0.4 is 10.6 Å². The Kier molecular flexibility index (Phi) is 3.80. The molecule has 2 fully saturated rings. The Labute approximate surface area is 113 Å². The second kappa shape index (κ2) is 5.72. The molecule has 1 amide bonds. The third-order valence-electron chi connectivity index (χ3n) is 3.99. The molecule has 1 unspecified atom stereocenters. The molecule has 0 bridgehead atoms. The van der Waals surface area contributed by atoms with Gasteiger partial charge in [-0.15, -0.1) is 0 Å². The van der Waals surface area contributed by atoms with Crippen LogP contribution in [0.3, 0.4) is 0 Å². The molecule has 0 radical (unpaired) electrons. The molecule has 1 saturated carbocycles. The largest absolute Gasteiger partial charge is 0.378 e. The van der Waals surface area contributed by atoms with Crippen LogP contribution in [0.2, 0.25) is 0 Å². The Morgan fingerprint density at radius 1 is 1.26 bits per heavy atom. The van der Waals surface area contributed by atoms with Crippen LogP contribution >= 0.6 is 0 Å². The van der Waals surface area contributed by atoms with Crippen LogP contribution in [0.25, 0.3) is 0 Å². The zero-order valence-corrected chi connectivity index (χ0v) is 11.0. The molecule has 4 heteroatoms. The van der Waals surface area contributed by atoms with Crippen molar-refractivity contribution in [2.24, 2.45) is 0 Å². The topological polar surface area (TPSA) is 50.4 Å². The summed E-state index contributed by atoms with van der Waals surface area (Å²) < 4.78 is 5.30. The molecule has 2 aliphatic rings. The molecular weight excluding hydrogens is 240 g/mol. The van der Waals surface area contributed by atoms with Crippen molar-refractivity contribution in [2.75, 3.05) is 19.8 Å². The number of amides is 1. The van der Waals surface area contributed by atoms with E-state index in [4.69, 9.17) is 4.74 Å². The highest BCUT2D eigenvalue weighted by Crippen LogP contribution is 2.36. The summed E-state index contributed by atoms with van der Waals surface area (Å²) in [5.41, 5.74) is 1.38. The van der Waals surface area contributed by atoms with Gasteiger partial charge in [0.05, 0.1) is 13.2 Å². The number of carbonyl (C=O) groups excluding carboxylic acids is 1. The first-order chi connectivity index (χ1) is 9.33.